The fourth-order valence-corrected chi connectivity index (χ4v) is 2.26. The van der Waals surface area contributed by atoms with Crippen molar-refractivity contribution in [1.82, 2.24) is 0 Å². The lowest BCUT2D eigenvalue weighted by Crippen LogP contribution is -2.41. The summed E-state index contributed by atoms with van der Waals surface area (Å²) in [5.74, 6) is -0.0505. The topological polar surface area (TPSA) is 35.5 Å². The van der Waals surface area contributed by atoms with Crippen molar-refractivity contribution in [3.8, 4) is 0 Å². The second-order valence-electron chi connectivity index (χ2n) is 5.88. The molecule has 1 fully saturated rings. The summed E-state index contributed by atoms with van der Waals surface area (Å²) < 4.78 is 11.9. The molecule has 0 aliphatic carbocycles. The molecule has 1 heterocycles. The molecule has 0 radical (unpaired) electrons. The molecule has 0 spiro atoms. The molecular formula is C14H18BClO3. The summed E-state index contributed by atoms with van der Waals surface area (Å²) in [6, 6.07) is 5.27. The van der Waals surface area contributed by atoms with Gasteiger partial charge < -0.3 is 9.31 Å². The van der Waals surface area contributed by atoms with Gasteiger partial charge in [0.1, 0.15) is 0 Å². The molecule has 102 valence electrons. The van der Waals surface area contributed by atoms with E-state index in [9.17, 15) is 4.79 Å². The SMILES string of the molecule is CC(=O)c1ccc(B2OC(C)(C)C(C)(C)O2)cc1Cl. The zero-order chi connectivity index (χ0) is 14.4. The lowest BCUT2D eigenvalue weighted by atomic mass is 9.78. The second-order valence-corrected chi connectivity index (χ2v) is 6.29. The number of benzene rings is 1. The number of carbonyl (C=O) groups excluding carboxylic acids is 1. The van der Waals surface area contributed by atoms with Gasteiger partial charge in [-0.25, -0.2) is 0 Å². The van der Waals surface area contributed by atoms with Crippen LogP contribution in [0, 0.1) is 0 Å². The molecule has 5 heteroatoms. The van der Waals surface area contributed by atoms with Gasteiger partial charge in [-0.3, -0.25) is 4.79 Å². The summed E-state index contributed by atoms with van der Waals surface area (Å²) in [6.45, 7) is 9.49. The lowest BCUT2D eigenvalue weighted by Gasteiger charge is -2.32. The zero-order valence-electron chi connectivity index (χ0n) is 11.9. The van der Waals surface area contributed by atoms with E-state index >= 15 is 0 Å². The molecule has 1 aromatic rings. The molecule has 0 saturated carbocycles. The van der Waals surface area contributed by atoms with E-state index in [1.54, 1.807) is 12.1 Å². The third-order valence-corrected chi connectivity index (χ3v) is 4.21. The van der Waals surface area contributed by atoms with Gasteiger partial charge in [0.15, 0.2) is 5.78 Å². The fraction of sp³-hybridized carbons (Fsp3) is 0.500. The van der Waals surface area contributed by atoms with Gasteiger partial charge in [0.25, 0.3) is 0 Å². The van der Waals surface area contributed by atoms with Crippen molar-refractivity contribution in [3.63, 3.8) is 0 Å². The third kappa shape index (κ3) is 2.57. The number of carbonyl (C=O) groups is 1. The minimum absolute atomic E-state index is 0.0505. The van der Waals surface area contributed by atoms with Crippen molar-refractivity contribution in [2.45, 2.75) is 45.8 Å². The van der Waals surface area contributed by atoms with Gasteiger partial charge >= 0.3 is 7.12 Å². The van der Waals surface area contributed by atoms with Crippen LogP contribution in [0.15, 0.2) is 18.2 Å². The van der Waals surface area contributed by atoms with Crippen LogP contribution in [0.1, 0.15) is 45.0 Å². The van der Waals surface area contributed by atoms with E-state index in [1.165, 1.54) is 6.92 Å². The van der Waals surface area contributed by atoms with Crippen LogP contribution < -0.4 is 5.46 Å². The summed E-state index contributed by atoms with van der Waals surface area (Å²) in [4.78, 5) is 11.4. The van der Waals surface area contributed by atoms with Crippen LogP contribution in [0.3, 0.4) is 0 Å². The average Bonchev–Trinajstić information content (AvgIpc) is 2.47. The first kappa shape index (κ1) is 14.6. The highest BCUT2D eigenvalue weighted by Gasteiger charge is 2.51. The van der Waals surface area contributed by atoms with Gasteiger partial charge in [-0.2, -0.15) is 0 Å². The molecule has 0 unspecified atom stereocenters. The minimum Gasteiger partial charge on any atom is -0.399 e. The fourth-order valence-electron chi connectivity index (χ4n) is 1.94. The van der Waals surface area contributed by atoms with Crippen LogP contribution in [0.4, 0.5) is 0 Å². The van der Waals surface area contributed by atoms with E-state index in [4.69, 9.17) is 20.9 Å². The molecule has 1 aliphatic heterocycles. The van der Waals surface area contributed by atoms with Crippen molar-refractivity contribution in [2.24, 2.45) is 0 Å². The van der Waals surface area contributed by atoms with E-state index in [0.29, 0.717) is 10.6 Å². The van der Waals surface area contributed by atoms with Crippen LogP contribution in [0.25, 0.3) is 0 Å². The van der Waals surface area contributed by atoms with Gasteiger partial charge in [0.05, 0.1) is 16.2 Å². The summed E-state index contributed by atoms with van der Waals surface area (Å²) in [6.07, 6.45) is 0. The molecule has 1 saturated heterocycles. The van der Waals surface area contributed by atoms with Crippen LogP contribution in [-0.4, -0.2) is 24.1 Å². The highest BCUT2D eigenvalue weighted by atomic mass is 35.5. The standard InChI is InChI=1S/C14H18BClO3/c1-9(17)11-7-6-10(8-12(11)16)15-18-13(2,3)14(4,5)19-15/h6-8H,1-5H3. The number of halogens is 1. The smallest absolute Gasteiger partial charge is 0.399 e. The molecule has 1 aromatic carbocycles. The highest BCUT2D eigenvalue weighted by molar-refractivity contribution is 6.62. The maximum absolute atomic E-state index is 11.4. The summed E-state index contributed by atoms with van der Waals surface area (Å²) in [7, 11) is -0.455. The number of rotatable bonds is 2. The molecule has 0 amide bonds. The van der Waals surface area contributed by atoms with Gasteiger partial charge in [0.2, 0.25) is 0 Å². The highest BCUT2D eigenvalue weighted by Crippen LogP contribution is 2.36. The molecular weight excluding hydrogens is 262 g/mol. The van der Waals surface area contributed by atoms with E-state index in [0.717, 1.165) is 5.46 Å². The Balaban J connectivity index is 2.31. The molecule has 0 aromatic heterocycles. The van der Waals surface area contributed by atoms with Gasteiger partial charge in [-0.15, -0.1) is 0 Å². The Morgan fingerprint density at radius 3 is 2.11 bits per heavy atom. The Bertz CT molecular complexity index is 509. The van der Waals surface area contributed by atoms with Crippen molar-refractivity contribution in [2.75, 3.05) is 0 Å². The number of Topliss-reactive ketones (excluding diaryl/α,β-unsaturated/α-hetero) is 1. The van der Waals surface area contributed by atoms with E-state index in [2.05, 4.69) is 0 Å². The molecule has 2 rings (SSSR count). The molecule has 0 atom stereocenters. The zero-order valence-corrected chi connectivity index (χ0v) is 12.7. The molecule has 0 bridgehead atoms. The third-order valence-electron chi connectivity index (χ3n) is 3.90. The molecule has 0 N–H and O–H groups in total. The van der Waals surface area contributed by atoms with Gasteiger partial charge in [-0.1, -0.05) is 23.7 Å². The Hall–Kier alpha value is -0.835. The van der Waals surface area contributed by atoms with Crippen molar-refractivity contribution in [3.05, 3.63) is 28.8 Å². The van der Waals surface area contributed by atoms with Crippen molar-refractivity contribution in [1.29, 1.82) is 0 Å². The Kier molecular flexibility index (Phi) is 3.54. The maximum atomic E-state index is 11.4. The number of hydrogen-bond acceptors (Lipinski definition) is 3. The monoisotopic (exact) mass is 280 g/mol. The number of ketones is 1. The van der Waals surface area contributed by atoms with Crippen LogP contribution in [0.5, 0.6) is 0 Å². The Morgan fingerprint density at radius 2 is 1.68 bits per heavy atom. The van der Waals surface area contributed by atoms with E-state index < -0.39 is 7.12 Å². The number of hydrogen-bond donors (Lipinski definition) is 0. The predicted octanol–water partition coefficient (Wildman–Crippen LogP) is 2.84. The van der Waals surface area contributed by atoms with E-state index in [1.807, 2.05) is 33.8 Å². The second kappa shape index (κ2) is 4.62. The largest absolute Gasteiger partial charge is 0.494 e. The van der Waals surface area contributed by atoms with Crippen LogP contribution in [0.2, 0.25) is 5.02 Å². The van der Waals surface area contributed by atoms with Gasteiger partial charge in [0, 0.05) is 5.56 Å². The normalized spacial score (nSPS) is 20.6. The van der Waals surface area contributed by atoms with Crippen molar-refractivity contribution < 1.29 is 14.1 Å². The molecule has 19 heavy (non-hydrogen) atoms. The van der Waals surface area contributed by atoms with Crippen molar-refractivity contribution >= 4 is 30.0 Å². The van der Waals surface area contributed by atoms with E-state index in [-0.39, 0.29) is 17.0 Å². The maximum Gasteiger partial charge on any atom is 0.494 e. The summed E-state index contributed by atoms with van der Waals surface area (Å²) >= 11 is 6.11. The lowest BCUT2D eigenvalue weighted by molar-refractivity contribution is 0.00578. The van der Waals surface area contributed by atoms with Crippen LogP contribution >= 0.6 is 11.6 Å². The predicted molar refractivity (Wildman–Crippen MR) is 77.2 cm³/mol. The van der Waals surface area contributed by atoms with Crippen LogP contribution in [-0.2, 0) is 9.31 Å². The molecule has 1 aliphatic rings. The quantitative estimate of drug-likeness (QED) is 0.617. The first-order chi connectivity index (χ1) is 8.64. The summed E-state index contributed by atoms with van der Waals surface area (Å²) in [5, 5.41) is 0.430. The van der Waals surface area contributed by atoms with Gasteiger partial charge in [-0.05, 0) is 46.1 Å². The minimum atomic E-state index is -0.455. The first-order valence-electron chi connectivity index (χ1n) is 6.30. The Morgan fingerprint density at radius 1 is 1.16 bits per heavy atom. The first-order valence-corrected chi connectivity index (χ1v) is 6.68. The summed E-state index contributed by atoms with van der Waals surface area (Å²) in [5.41, 5.74) is 0.572. The molecule has 3 nitrogen and oxygen atoms in total. The Labute approximate surface area is 119 Å². The average molecular weight is 281 g/mol.